The molecular weight excluding hydrogens is 653 g/mol. The van der Waals surface area contributed by atoms with Gasteiger partial charge >= 0.3 is 53.6 Å². The largest absolute Gasteiger partial charge is 1.00 e. The summed E-state index contributed by atoms with van der Waals surface area (Å²) in [4.78, 5) is 43.6. The average Bonchev–Trinajstić information content (AvgIpc) is 2.88. The van der Waals surface area contributed by atoms with Gasteiger partial charge in [0.2, 0.25) is 0 Å². The van der Waals surface area contributed by atoms with E-state index in [4.69, 9.17) is 0 Å². The predicted octanol–water partition coefficient (Wildman–Crippen LogP) is 2.47. The summed E-state index contributed by atoms with van der Waals surface area (Å²) in [6.45, 7) is 0. The molecule has 208 valence electrons. The maximum atomic E-state index is 13.1. The van der Waals surface area contributed by atoms with E-state index in [1.54, 1.807) is 6.07 Å². The summed E-state index contributed by atoms with van der Waals surface area (Å²) in [6, 6.07) is 7.89. The molecule has 0 saturated heterocycles. The molecule has 9 nitrogen and oxygen atoms in total. The minimum absolute atomic E-state index is 0. The van der Waals surface area contributed by atoms with Crippen molar-refractivity contribution in [3.63, 3.8) is 0 Å². The van der Waals surface area contributed by atoms with Crippen LogP contribution in [-0.4, -0.2) is 59.6 Å². The summed E-state index contributed by atoms with van der Waals surface area (Å²) >= 11 is 6.36. The number of halogens is 4. The Morgan fingerprint density at radius 1 is 0.763 bits per heavy atom. The van der Waals surface area contributed by atoms with Gasteiger partial charge in [-0.3, -0.25) is 14.4 Å². The molecule has 2 aromatic rings. The second-order valence-electron chi connectivity index (χ2n) is 6.29. The van der Waals surface area contributed by atoms with Gasteiger partial charge in [-0.05, 0) is 47.5 Å². The standard InChI is InChI=1S/C11H10BrFO4.C9H8BrFO2.C3H6O3.CH4.Na.H/c1-16-10(14)9(11(15)17-2)7-5-6(13)3-4-8(7)12;1-13-9(12)5-6-4-7(11)2-3-8(6)10;1-5-3(4)6-2;;;/h3-5,9H,1-2H3;2-4H,5H2,1H3;1-2H3;1H4;;/q;;;;+1;-1. The summed E-state index contributed by atoms with van der Waals surface area (Å²) in [5.74, 6) is -4.20. The molecule has 0 atom stereocenters. The van der Waals surface area contributed by atoms with Crippen LogP contribution in [0.2, 0.25) is 0 Å². The van der Waals surface area contributed by atoms with Gasteiger partial charge in [-0.25, -0.2) is 13.6 Å². The second kappa shape index (κ2) is 21.8. The van der Waals surface area contributed by atoms with Gasteiger partial charge in [0.1, 0.15) is 11.6 Å². The Kier molecular flexibility index (Phi) is 23.2. The molecule has 0 amide bonds. The van der Waals surface area contributed by atoms with E-state index < -0.39 is 29.8 Å². The van der Waals surface area contributed by atoms with E-state index in [2.05, 4.69) is 55.5 Å². The van der Waals surface area contributed by atoms with Crippen molar-refractivity contribution < 1.29 is 82.6 Å². The Balaban J connectivity index is -0.000000249. The van der Waals surface area contributed by atoms with Gasteiger partial charge in [0.15, 0.2) is 5.92 Å². The van der Waals surface area contributed by atoms with Crippen molar-refractivity contribution in [3.05, 3.63) is 68.1 Å². The molecule has 0 heterocycles. The Morgan fingerprint density at radius 2 is 1.21 bits per heavy atom. The van der Waals surface area contributed by atoms with Crippen molar-refractivity contribution >= 4 is 55.9 Å². The summed E-state index contributed by atoms with van der Waals surface area (Å²) in [6.07, 6.45) is -0.579. The summed E-state index contributed by atoms with van der Waals surface area (Å²) in [5, 5.41) is 0. The first-order valence-electron chi connectivity index (χ1n) is 9.68. The monoisotopic (exact) mass is 680 g/mol. The zero-order valence-electron chi connectivity index (χ0n) is 21.9. The number of carbonyl (C=O) groups is 4. The van der Waals surface area contributed by atoms with Crippen LogP contribution >= 0.6 is 31.9 Å². The second-order valence-corrected chi connectivity index (χ2v) is 8.00. The molecule has 2 aromatic carbocycles. The molecule has 14 heteroatoms. The number of hydrogen-bond acceptors (Lipinski definition) is 9. The molecule has 0 fully saturated rings. The third-order valence-corrected chi connectivity index (χ3v) is 5.54. The Morgan fingerprint density at radius 3 is 1.61 bits per heavy atom. The SMILES string of the molecule is C.COC(=O)C(C(=O)OC)c1cc(F)ccc1Br.COC(=O)Cc1cc(F)ccc1Br.COC(=O)OC.[H-].[Na+]. The van der Waals surface area contributed by atoms with Crippen LogP contribution in [0.3, 0.4) is 0 Å². The van der Waals surface area contributed by atoms with Gasteiger partial charge < -0.3 is 25.1 Å². The van der Waals surface area contributed by atoms with Crippen molar-refractivity contribution in [2.45, 2.75) is 19.8 Å². The van der Waals surface area contributed by atoms with E-state index in [9.17, 15) is 28.0 Å². The smallest absolute Gasteiger partial charge is 1.00 e. The molecular formula is C24H29Br2F2NaO9. The van der Waals surface area contributed by atoms with Crippen LogP contribution in [0.1, 0.15) is 25.9 Å². The summed E-state index contributed by atoms with van der Waals surface area (Å²) < 4.78 is 48.5. The number of benzene rings is 2. The first kappa shape index (κ1) is 40.4. The summed E-state index contributed by atoms with van der Waals surface area (Å²) in [5.41, 5.74) is 0.760. The van der Waals surface area contributed by atoms with Crippen LogP contribution in [0.25, 0.3) is 0 Å². The Bertz CT molecular complexity index is 1040. The van der Waals surface area contributed by atoms with E-state index >= 15 is 0 Å². The Hall–Kier alpha value is -2.06. The van der Waals surface area contributed by atoms with E-state index in [-0.39, 0.29) is 62.2 Å². The zero-order chi connectivity index (χ0) is 27.8. The van der Waals surface area contributed by atoms with Crippen LogP contribution in [-0.2, 0) is 44.5 Å². The number of ether oxygens (including phenoxy) is 5. The zero-order valence-corrected chi connectivity index (χ0v) is 26.1. The normalized spacial score (nSPS) is 9.00. The molecule has 38 heavy (non-hydrogen) atoms. The molecule has 0 aliphatic carbocycles. The van der Waals surface area contributed by atoms with Gasteiger partial charge in [-0.2, -0.15) is 0 Å². The maximum Gasteiger partial charge on any atom is 1.00 e. The van der Waals surface area contributed by atoms with Crippen LogP contribution in [0, 0.1) is 11.6 Å². The Labute approximate surface area is 260 Å². The average molecular weight is 682 g/mol. The molecule has 0 unspecified atom stereocenters. The van der Waals surface area contributed by atoms with Crippen LogP contribution in [0.4, 0.5) is 13.6 Å². The molecule has 0 radical (unpaired) electrons. The van der Waals surface area contributed by atoms with Gasteiger partial charge in [0.25, 0.3) is 0 Å². The fraction of sp³-hybridized carbons (Fsp3) is 0.333. The fourth-order valence-electron chi connectivity index (χ4n) is 2.31. The number of methoxy groups -OCH3 is 5. The molecule has 0 saturated carbocycles. The number of hydrogen-bond donors (Lipinski definition) is 0. The first-order chi connectivity index (χ1) is 16.9. The third kappa shape index (κ3) is 14.8. The quantitative estimate of drug-likeness (QED) is 0.203. The fourth-order valence-corrected chi connectivity index (χ4v) is 3.17. The van der Waals surface area contributed by atoms with Crippen LogP contribution < -0.4 is 29.6 Å². The topological polar surface area (TPSA) is 114 Å². The van der Waals surface area contributed by atoms with Gasteiger partial charge in [-0.1, -0.05) is 39.3 Å². The van der Waals surface area contributed by atoms with Crippen molar-refractivity contribution in [3.8, 4) is 0 Å². The molecule has 0 N–H and O–H groups in total. The molecule has 0 aliphatic heterocycles. The summed E-state index contributed by atoms with van der Waals surface area (Å²) in [7, 11) is 6.10. The molecule has 0 aliphatic rings. The van der Waals surface area contributed by atoms with Crippen molar-refractivity contribution in [1.29, 1.82) is 0 Å². The third-order valence-electron chi connectivity index (χ3n) is 4.05. The van der Waals surface area contributed by atoms with Crippen LogP contribution in [0.5, 0.6) is 0 Å². The van der Waals surface area contributed by atoms with E-state index in [1.807, 2.05) is 0 Å². The predicted molar refractivity (Wildman–Crippen MR) is 138 cm³/mol. The van der Waals surface area contributed by atoms with E-state index in [0.29, 0.717) is 14.5 Å². The van der Waals surface area contributed by atoms with E-state index in [0.717, 1.165) is 20.3 Å². The number of rotatable bonds is 5. The van der Waals surface area contributed by atoms with Crippen molar-refractivity contribution in [2.75, 3.05) is 35.5 Å². The van der Waals surface area contributed by atoms with Crippen LogP contribution in [0.15, 0.2) is 45.3 Å². The van der Waals surface area contributed by atoms with Crippen molar-refractivity contribution in [2.24, 2.45) is 0 Å². The van der Waals surface area contributed by atoms with E-state index in [1.165, 1.54) is 45.6 Å². The van der Waals surface area contributed by atoms with Gasteiger partial charge in [0, 0.05) is 8.95 Å². The van der Waals surface area contributed by atoms with Crippen molar-refractivity contribution in [1.82, 2.24) is 0 Å². The number of carbonyl (C=O) groups excluding carboxylic acids is 4. The number of esters is 3. The maximum absolute atomic E-state index is 13.1. The molecule has 2 rings (SSSR count). The first-order valence-corrected chi connectivity index (χ1v) is 11.3. The van der Waals surface area contributed by atoms with Gasteiger partial charge in [-0.15, -0.1) is 0 Å². The van der Waals surface area contributed by atoms with Gasteiger partial charge in [0.05, 0.1) is 42.0 Å². The molecule has 0 bridgehead atoms. The molecule has 0 spiro atoms. The molecule has 0 aromatic heterocycles. The minimum Gasteiger partial charge on any atom is -1.00 e. The minimum atomic E-state index is -1.30.